The van der Waals surface area contributed by atoms with Gasteiger partial charge < -0.3 is 28.4 Å². The van der Waals surface area contributed by atoms with Gasteiger partial charge in [0.1, 0.15) is 12.3 Å². The summed E-state index contributed by atoms with van der Waals surface area (Å²) in [5.41, 5.74) is 1.48. The maximum absolute atomic E-state index is 13.0. The molecular formula is C25H30N2O6. The largest absolute Gasteiger partial charge is 0.454 e. The van der Waals surface area contributed by atoms with Crippen LogP contribution in [-0.4, -0.2) is 55.2 Å². The van der Waals surface area contributed by atoms with Crippen LogP contribution in [0.25, 0.3) is 11.3 Å². The molecule has 2 aliphatic heterocycles. The summed E-state index contributed by atoms with van der Waals surface area (Å²) in [4.78, 5) is 14.9. The third-order valence-corrected chi connectivity index (χ3v) is 6.35. The summed E-state index contributed by atoms with van der Waals surface area (Å²) in [6, 6.07) is 7.42. The number of fused-ring (bicyclic) bond motifs is 1. The van der Waals surface area contributed by atoms with E-state index in [1.54, 1.807) is 0 Å². The third-order valence-electron chi connectivity index (χ3n) is 6.35. The van der Waals surface area contributed by atoms with Crippen LogP contribution in [0.3, 0.4) is 0 Å². The van der Waals surface area contributed by atoms with Gasteiger partial charge in [-0.3, -0.25) is 4.79 Å². The topological polar surface area (TPSA) is 83.3 Å². The van der Waals surface area contributed by atoms with E-state index >= 15 is 0 Å². The second-order valence-corrected chi connectivity index (χ2v) is 8.83. The van der Waals surface area contributed by atoms with Crippen LogP contribution in [0.1, 0.15) is 37.8 Å². The highest BCUT2D eigenvalue weighted by Crippen LogP contribution is 2.36. The molecule has 0 saturated carbocycles. The monoisotopic (exact) mass is 454 g/mol. The van der Waals surface area contributed by atoms with Crippen LogP contribution < -0.4 is 9.47 Å². The van der Waals surface area contributed by atoms with Crippen molar-refractivity contribution in [3.05, 3.63) is 42.1 Å². The lowest BCUT2D eigenvalue weighted by Crippen LogP contribution is -2.42. The third kappa shape index (κ3) is 5.57. The minimum Gasteiger partial charge on any atom is -0.454 e. The van der Waals surface area contributed by atoms with Gasteiger partial charge in [-0.2, -0.15) is 0 Å². The van der Waals surface area contributed by atoms with Gasteiger partial charge in [0.25, 0.3) is 0 Å². The molecule has 3 heterocycles. The molecule has 0 bridgehead atoms. The lowest BCUT2D eigenvalue weighted by Gasteiger charge is -2.30. The Morgan fingerprint density at radius 3 is 2.91 bits per heavy atom. The van der Waals surface area contributed by atoms with Gasteiger partial charge in [-0.05, 0) is 56.2 Å². The Kier molecular flexibility index (Phi) is 6.92. The number of amides is 1. The number of benzene rings is 1. The molecule has 2 atom stereocenters. The predicted molar refractivity (Wildman–Crippen MR) is 120 cm³/mol. The number of ether oxygens (including phenoxy) is 4. The van der Waals surface area contributed by atoms with E-state index in [-0.39, 0.29) is 32.0 Å². The van der Waals surface area contributed by atoms with Crippen molar-refractivity contribution in [1.29, 1.82) is 0 Å². The van der Waals surface area contributed by atoms with Crippen molar-refractivity contribution in [3.8, 4) is 22.8 Å². The van der Waals surface area contributed by atoms with E-state index in [1.165, 1.54) is 0 Å². The van der Waals surface area contributed by atoms with E-state index in [0.29, 0.717) is 29.7 Å². The Morgan fingerprint density at radius 2 is 2.06 bits per heavy atom. The number of aromatic nitrogens is 1. The molecule has 8 nitrogen and oxygen atoms in total. The summed E-state index contributed by atoms with van der Waals surface area (Å²) < 4.78 is 27.7. The number of rotatable bonds is 9. The fraction of sp³-hybridized carbons (Fsp3) is 0.520. The van der Waals surface area contributed by atoms with Crippen molar-refractivity contribution < 1.29 is 28.3 Å². The van der Waals surface area contributed by atoms with Crippen LogP contribution in [0.4, 0.5) is 0 Å². The molecule has 2 aromatic rings. The first kappa shape index (κ1) is 22.0. The highest BCUT2D eigenvalue weighted by atomic mass is 16.7. The molecule has 33 heavy (non-hydrogen) atoms. The van der Waals surface area contributed by atoms with Gasteiger partial charge >= 0.3 is 0 Å². The fourth-order valence-electron chi connectivity index (χ4n) is 4.55. The molecule has 1 aromatic carbocycles. The number of hydrogen-bond acceptors (Lipinski definition) is 7. The quantitative estimate of drug-likeness (QED) is 0.531. The Morgan fingerprint density at radius 1 is 1.12 bits per heavy atom. The zero-order valence-corrected chi connectivity index (χ0v) is 18.7. The van der Waals surface area contributed by atoms with Crippen LogP contribution in [0.5, 0.6) is 11.5 Å². The first-order valence-corrected chi connectivity index (χ1v) is 11.7. The highest BCUT2D eigenvalue weighted by molar-refractivity contribution is 5.77. The van der Waals surface area contributed by atoms with Crippen LogP contribution >= 0.6 is 0 Å². The van der Waals surface area contributed by atoms with E-state index < -0.39 is 0 Å². The van der Waals surface area contributed by atoms with E-state index in [4.69, 9.17) is 23.5 Å². The molecule has 0 N–H and O–H groups in total. The lowest BCUT2D eigenvalue weighted by atomic mass is 9.94. The standard InChI is InChI=1S/C25H30N2O6/c28-25(27(14-21-7-4-10-30-21)13-18-5-2-1-3-6-18)16-29-15-20-12-23(33-26-20)19-8-9-22-24(11-19)32-17-31-22/h1-2,8-9,11-12,18,21H,3-7,10,13-17H2/t18-,21+/m0/s1. The van der Waals surface area contributed by atoms with Crippen molar-refractivity contribution in [3.63, 3.8) is 0 Å². The number of carbonyl (C=O) groups is 1. The number of nitrogens with zero attached hydrogens (tertiary/aromatic N) is 2. The van der Waals surface area contributed by atoms with E-state index in [0.717, 1.165) is 56.6 Å². The minimum absolute atomic E-state index is 0.000424. The van der Waals surface area contributed by atoms with E-state index in [2.05, 4.69) is 17.3 Å². The summed E-state index contributed by atoms with van der Waals surface area (Å²) in [6.45, 7) is 2.63. The number of allylic oxidation sites excluding steroid dienone is 2. The van der Waals surface area contributed by atoms with Crippen molar-refractivity contribution in [1.82, 2.24) is 10.1 Å². The molecule has 0 spiro atoms. The minimum atomic E-state index is -0.000424. The summed E-state index contributed by atoms with van der Waals surface area (Å²) >= 11 is 0. The zero-order chi connectivity index (χ0) is 22.5. The normalized spacial score (nSPS) is 21.5. The van der Waals surface area contributed by atoms with Crippen molar-refractivity contribution in [2.45, 2.75) is 44.8 Å². The van der Waals surface area contributed by atoms with Crippen LogP contribution in [0.2, 0.25) is 0 Å². The molecular weight excluding hydrogens is 424 g/mol. The van der Waals surface area contributed by atoms with E-state index in [1.807, 2.05) is 29.2 Å². The zero-order valence-electron chi connectivity index (χ0n) is 18.7. The molecule has 1 aliphatic carbocycles. The lowest BCUT2D eigenvalue weighted by molar-refractivity contribution is -0.139. The van der Waals surface area contributed by atoms with Crippen molar-refractivity contribution >= 4 is 5.91 Å². The molecule has 3 aliphatic rings. The SMILES string of the molecule is O=C(COCc1cc(-c2ccc3c(c2)OCO3)on1)N(C[C@H]1CC=CCC1)C[C@H]1CCCO1. The van der Waals surface area contributed by atoms with Gasteiger partial charge in [0.05, 0.1) is 12.7 Å². The molecule has 0 radical (unpaired) electrons. The van der Waals surface area contributed by atoms with E-state index in [9.17, 15) is 4.79 Å². The second kappa shape index (κ2) is 10.4. The summed E-state index contributed by atoms with van der Waals surface area (Å²) in [5, 5.41) is 4.08. The molecule has 8 heteroatoms. The molecule has 1 fully saturated rings. The fourth-order valence-corrected chi connectivity index (χ4v) is 4.55. The average Bonchev–Trinajstić information content (AvgIpc) is 3.61. The summed E-state index contributed by atoms with van der Waals surface area (Å²) in [5.74, 6) is 2.52. The van der Waals surface area contributed by atoms with Crippen molar-refractivity contribution in [2.75, 3.05) is 33.1 Å². The number of carbonyl (C=O) groups excluding carboxylic acids is 1. The number of hydrogen-bond donors (Lipinski definition) is 0. The van der Waals surface area contributed by atoms with Crippen LogP contribution in [-0.2, 0) is 20.9 Å². The molecule has 5 rings (SSSR count). The Bertz CT molecular complexity index is 981. The highest BCUT2D eigenvalue weighted by Gasteiger charge is 2.25. The van der Waals surface area contributed by atoms with Gasteiger partial charge in [-0.1, -0.05) is 17.3 Å². The molecule has 1 amide bonds. The van der Waals surface area contributed by atoms with Crippen LogP contribution in [0, 0.1) is 5.92 Å². The molecule has 0 unspecified atom stereocenters. The summed E-state index contributed by atoms with van der Waals surface area (Å²) in [7, 11) is 0. The van der Waals surface area contributed by atoms with Gasteiger partial charge in [-0.25, -0.2) is 0 Å². The maximum Gasteiger partial charge on any atom is 0.248 e. The summed E-state index contributed by atoms with van der Waals surface area (Å²) in [6.07, 6.45) is 9.88. The van der Waals surface area contributed by atoms with Gasteiger partial charge in [0.15, 0.2) is 17.3 Å². The second-order valence-electron chi connectivity index (χ2n) is 8.83. The first-order chi connectivity index (χ1) is 16.2. The van der Waals surface area contributed by atoms with Gasteiger partial charge in [-0.15, -0.1) is 0 Å². The maximum atomic E-state index is 13.0. The average molecular weight is 455 g/mol. The van der Waals surface area contributed by atoms with Crippen molar-refractivity contribution in [2.24, 2.45) is 5.92 Å². The first-order valence-electron chi connectivity index (χ1n) is 11.7. The predicted octanol–water partition coefficient (Wildman–Crippen LogP) is 3.95. The molecule has 1 aromatic heterocycles. The van der Waals surface area contributed by atoms with Gasteiger partial charge in [0.2, 0.25) is 12.7 Å². The molecule has 176 valence electrons. The Labute approximate surface area is 193 Å². The van der Waals surface area contributed by atoms with Crippen LogP contribution in [0.15, 0.2) is 40.9 Å². The smallest absolute Gasteiger partial charge is 0.248 e. The Hall–Kier alpha value is -2.84. The Balaban J connectivity index is 1.15. The molecule has 1 saturated heterocycles. The van der Waals surface area contributed by atoms with Gasteiger partial charge in [0, 0.05) is 31.3 Å².